The zero-order valence-electron chi connectivity index (χ0n) is 10.7. The average Bonchev–Trinajstić information content (AvgIpc) is 2.35. The van der Waals surface area contributed by atoms with Gasteiger partial charge in [0.2, 0.25) is 0 Å². The molecule has 1 aromatic rings. The summed E-state index contributed by atoms with van der Waals surface area (Å²) in [5, 5.41) is 13.5. The Bertz CT molecular complexity index is 479. The molecule has 0 aliphatic carbocycles. The third-order valence-corrected chi connectivity index (χ3v) is 2.78. The lowest BCUT2D eigenvalue weighted by atomic mass is 10.1. The molecule has 0 aliphatic heterocycles. The van der Waals surface area contributed by atoms with E-state index in [0.29, 0.717) is 13.2 Å². The number of hydrogen-bond donors (Lipinski definition) is 1. The number of halogens is 1. The number of para-hydroxylation sites is 1. The third kappa shape index (κ3) is 4.18. The minimum absolute atomic E-state index is 0.0397. The van der Waals surface area contributed by atoms with Crippen LogP contribution in [-0.4, -0.2) is 31.1 Å². The second-order valence-electron chi connectivity index (χ2n) is 4.16. The van der Waals surface area contributed by atoms with Gasteiger partial charge in [0, 0.05) is 13.7 Å². The van der Waals surface area contributed by atoms with Crippen LogP contribution in [0.2, 0.25) is 5.02 Å². The molecule has 0 spiro atoms. The van der Waals surface area contributed by atoms with Crippen LogP contribution in [0.3, 0.4) is 0 Å². The highest BCUT2D eigenvalue weighted by Gasteiger charge is 2.23. The molecule has 0 radical (unpaired) electrons. The number of rotatable bonds is 6. The van der Waals surface area contributed by atoms with Crippen molar-refractivity contribution >= 4 is 23.2 Å². The Morgan fingerprint density at radius 3 is 2.84 bits per heavy atom. The standard InChI is InChI=1S/C12H15ClN2O4/c1-8(7-19-2)6-14-12(16)9-4-3-5-10(13)11(9)15(17)18/h3-5,8H,6-7H2,1-2H3,(H,14,16). The highest BCUT2D eigenvalue weighted by Crippen LogP contribution is 2.27. The number of carbonyl (C=O) groups excluding carboxylic acids is 1. The van der Waals surface area contributed by atoms with Gasteiger partial charge in [-0.05, 0) is 18.1 Å². The molecular formula is C12H15ClN2O4. The summed E-state index contributed by atoms with van der Waals surface area (Å²) in [6.07, 6.45) is 0. The van der Waals surface area contributed by atoms with Crippen LogP contribution < -0.4 is 5.32 Å². The Labute approximate surface area is 115 Å². The summed E-state index contributed by atoms with van der Waals surface area (Å²) in [5.41, 5.74) is -0.414. The number of nitrogens with one attached hydrogen (secondary N) is 1. The molecule has 6 nitrogen and oxygen atoms in total. The van der Waals surface area contributed by atoms with Crippen molar-refractivity contribution in [3.05, 3.63) is 38.9 Å². The molecule has 0 heterocycles. The molecule has 7 heteroatoms. The maximum atomic E-state index is 11.9. The van der Waals surface area contributed by atoms with Gasteiger partial charge in [-0.3, -0.25) is 14.9 Å². The molecule has 0 fully saturated rings. The smallest absolute Gasteiger partial charge is 0.300 e. The highest BCUT2D eigenvalue weighted by molar-refractivity contribution is 6.33. The van der Waals surface area contributed by atoms with Crippen molar-refractivity contribution in [1.82, 2.24) is 5.32 Å². The number of ether oxygens (including phenoxy) is 1. The number of hydrogen-bond acceptors (Lipinski definition) is 4. The lowest BCUT2D eigenvalue weighted by Gasteiger charge is -2.11. The molecule has 1 aromatic carbocycles. The van der Waals surface area contributed by atoms with Gasteiger partial charge in [0.25, 0.3) is 5.91 Å². The van der Waals surface area contributed by atoms with Gasteiger partial charge in [0.1, 0.15) is 10.6 Å². The Balaban J connectivity index is 2.83. The maximum Gasteiger partial charge on any atom is 0.300 e. The number of nitrogens with zero attached hydrogens (tertiary/aromatic N) is 1. The minimum Gasteiger partial charge on any atom is -0.384 e. The zero-order valence-corrected chi connectivity index (χ0v) is 11.4. The highest BCUT2D eigenvalue weighted by atomic mass is 35.5. The predicted octanol–water partition coefficient (Wildman–Crippen LogP) is 2.26. The van der Waals surface area contributed by atoms with Crippen molar-refractivity contribution < 1.29 is 14.5 Å². The van der Waals surface area contributed by atoms with Gasteiger partial charge in [-0.2, -0.15) is 0 Å². The van der Waals surface area contributed by atoms with E-state index < -0.39 is 10.8 Å². The summed E-state index contributed by atoms with van der Waals surface area (Å²) >= 11 is 5.74. The summed E-state index contributed by atoms with van der Waals surface area (Å²) in [6.45, 7) is 2.77. The lowest BCUT2D eigenvalue weighted by Crippen LogP contribution is -2.30. The molecule has 0 aliphatic rings. The fourth-order valence-corrected chi connectivity index (χ4v) is 1.83. The average molecular weight is 287 g/mol. The number of methoxy groups -OCH3 is 1. The van der Waals surface area contributed by atoms with Crippen LogP contribution in [0.15, 0.2) is 18.2 Å². The van der Waals surface area contributed by atoms with Crippen molar-refractivity contribution in [2.45, 2.75) is 6.92 Å². The molecule has 0 bridgehead atoms. The van der Waals surface area contributed by atoms with Crippen LogP contribution in [-0.2, 0) is 4.74 Å². The molecule has 1 unspecified atom stereocenters. The number of amides is 1. The van der Waals surface area contributed by atoms with Crippen LogP contribution in [0.5, 0.6) is 0 Å². The first kappa shape index (κ1) is 15.4. The van der Waals surface area contributed by atoms with Crippen molar-refractivity contribution in [1.29, 1.82) is 0 Å². The summed E-state index contributed by atoms with van der Waals surface area (Å²) < 4.78 is 4.94. The number of nitro benzene ring substituents is 1. The van der Waals surface area contributed by atoms with Gasteiger partial charge in [0.05, 0.1) is 11.5 Å². The van der Waals surface area contributed by atoms with Gasteiger partial charge in [-0.15, -0.1) is 0 Å². The molecule has 0 saturated heterocycles. The molecule has 1 rings (SSSR count). The van der Waals surface area contributed by atoms with Crippen LogP contribution in [0.4, 0.5) is 5.69 Å². The molecule has 1 atom stereocenters. The molecular weight excluding hydrogens is 272 g/mol. The summed E-state index contributed by atoms with van der Waals surface area (Å²) in [5.74, 6) is -0.399. The van der Waals surface area contributed by atoms with E-state index in [4.69, 9.17) is 16.3 Å². The summed E-state index contributed by atoms with van der Waals surface area (Å²) in [7, 11) is 1.57. The summed E-state index contributed by atoms with van der Waals surface area (Å²) in [6, 6.07) is 4.26. The van der Waals surface area contributed by atoms with E-state index in [1.54, 1.807) is 7.11 Å². The Hall–Kier alpha value is -1.66. The van der Waals surface area contributed by atoms with Crippen LogP contribution >= 0.6 is 11.6 Å². The Morgan fingerprint density at radius 2 is 2.26 bits per heavy atom. The first-order valence-electron chi connectivity index (χ1n) is 5.67. The quantitative estimate of drug-likeness (QED) is 0.642. The molecule has 1 N–H and O–H groups in total. The topological polar surface area (TPSA) is 81.5 Å². The number of nitro groups is 1. The first-order chi connectivity index (χ1) is 8.97. The van der Waals surface area contributed by atoms with Gasteiger partial charge >= 0.3 is 5.69 Å². The van der Waals surface area contributed by atoms with Crippen molar-refractivity contribution in [3.8, 4) is 0 Å². The Morgan fingerprint density at radius 1 is 1.58 bits per heavy atom. The predicted molar refractivity (Wildman–Crippen MR) is 71.5 cm³/mol. The van der Waals surface area contributed by atoms with E-state index in [0.717, 1.165) is 0 Å². The third-order valence-electron chi connectivity index (χ3n) is 2.48. The van der Waals surface area contributed by atoms with E-state index in [1.165, 1.54) is 18.2 Å². The van der Waals surface area contributed by atoms with E-state index in [-0.39, 0.29) is 22.2 Å². The van der Waals surface area contributed by atoms with Crippen LogP contribution in [0.1, 0.15) is 17.3 Å². The number of benzene rings is 1. The second kappa shape index (κ2) is 7.06. The normalized spacial score (nSPS) is 11.9. The summed E-state index contributed by atoms with van der Waals surface area (Å²) in [4.78, 5) is 22.2. The van der Waals surface area contributed by atoms with Gasteiger partial charge in [-0.1, -0.05) is 24.6 Å². The fraction of sp³-hybridized carbons (Fsp3) is 0.417. The number of carbonyl (C=O) groups is 1. The van der Waals surface area contributed by atoms with E-state index in [2.05, 4.69) is 5.32 Å². The largest absolute Gasteiger partial charge is 0.384 e. The Kier molecular flexibility index (Phi) is 5.72. The van der Waals surface area contributed by atoms with Crippen LogP contribution in [0.25, 0.3) is 0 Å². The molecule has 104 valence electrons. The van der Waals surface area contributed by atoms with Gasteiger partial charge < -0.3 is 10.1 Å². The van der Waals surface area contributed by atoms with Crippen molar-refractivity contribution in [3.63, 3.8) is 0 Å². The first-order valence-corrected chi connectivity index (χ1v) is 6.05. The van der Waals surface area contributed by atoms with Gasteiger partial charge in [-0.25, -0.2) is 0 Å². The fourth-order valence-electron chi connectivity index (χ4n) is 1.59. The molecule has 19 heavy (non-hydrogen) atoms. The minimum atomic E-state index is -0.657. The van der Waals surface area contributed by atoms with Crippen molar-refractivity contribution in [2.24, 2.45) is 5.92 Å². The lowest BCUT2D eigenvalue weighted by molar-refractivity contribution is -0.385. The van der Waals surface area contributed by atoms with E-state index in [9.17, 15) is 14.9 Å². The monoisotopic (exact) mass is 286 g/mol. The maximum absolute atomic E-state index is 11.9. The van der Waals surface area contributed by atoms with Crippen LogP contribution in [0, 0.1) is 16.0 Å². The van der Waals surface area contributed by atoms with Crippen molar-refractivity contribution in [2.75, 3.05) is 20.3 Å². The SMILES string of the molecule is COCC(C)CNC(=O)c1cccc(Cl)c1[N+](=O)[O-]. The van der Waals surface area contributed by atoms with E-state index in [1.807, 2.05) is 6.92 Å². The van der Waals surface area contributed by atoms with E-state index >= 15 is 0 Å². The molecule has 0 aromatic heterocycles. The van der Waals surface area contributed by atoms with Gasteiger partial charge in [0.15, 0.2) is 0 Å². The second-order valence-corrected chi connectivity index (χ2v) is 4.57. The zero-order chi connectivity index (χ0) is 14.4. The molecule has 0 saturated carbocycles. The molecule has 1 amide bonds.